The van der Waals surface area contributed by atoms with Crippen molar-refractivity contribution in [3.8, 4) is 11.5 Å². The van der Waals surface area contributed by atoms with Crippen molar-refractivity contribution < 1.29 is 24.2 Å². The number of likely N-dealkylation sites (tertiary alicyclic amines) is 1. The molecule has 2 atom stereocenters. The molecule has 1 amide bonds. The van der Waals surface area contributed by atoms with E-state index in [4.69, 9.17) is 9.47 Å². The minimum atomic E-state index is -0.700. The van der Waals surface area contributed by atoms with Gasteiger partial charge in [0.15, 0.2) is 0 Å². The quantitative estimate of drug-likeness (QED) is 0.201. The predicted octanol–water partition coefficient (Wildman–Crippen LogP) is 4.95. The molecule has 4 rings (SSSR count). The van der Waals surface area contributed by atoms with E-state index in [2.05, 4.69) is 25.7 Å². The van der Waals surface area contributed by atoms with Crippen molar-refractivity contribution in [2.24, 2.45) is 0 Å². The molecule has 1 N–H and O–H groups in total. The largest absolute Gasteiger partial charge is 0.507 e. The molecule has 37 heavy (non-hydrogen) atoms. The fourth-order valence-corrected chi connectivity index (χ4v) is 5.08. The molecule has 7 heteroatoms. The van der Waals surface area contributed by atoms with Crippen LogP contribution in [0.3, 0.4) is 0 Å². The standard InChI is InChI=1S/C30H38N2O5/c1-5-8-16-36-24-11-9-10-21(19-24)27-26(29(34)30(35)32(27)15-14-31(6-2)7-3)28(33)22-12-13-25-23(18-22)17-20(4)37-25/h9-13,18-20,27,33H,5-8,14-17H2,1-4H3/t20-,27+/m1/s1. The molecule has 0 aliphatic carbocycles. The Kier molecular flexibility index (Phi) is 8.54. The van der Waals surface area contributed by atoms with Crippen LogP contribution in [0.15, 0.2) is 48.0 Å². The summed E-state index contributed by atoms with van der Waals surface area (Å²) in [6.45, 7) is 11.6. The van der Waals surface area contributed by atoms with Crippen LogP contribution in [0.2, 0.25) is 0 Å². The number of likely N-dealkylation sites (N-methyl/N-ethyl adjacent to an activating group) is 1. The zero-order valence-electron chi connectivity index (χ0n) is 22.3. The van der Waals surface area contributed by atoms with E-state index < -0.39 is 17.7 Å². The second-order valence-electron chi connectivity index (χ2n) is 9.75. The molecular formula is C30H38N2O5. The van der Waals surface area contributed by atoms with E-state index in [0.29, 0.717) is 31.0 Å². The maximum atomic E-state index is 13.4. The maximum Gasteiger partial charge on any atom is 0.295 e. The summed E-state index contributed by atoms with van der Waals surface area (Å²) in [5.74, 6) is 0.0630. The van der Waals surface area contributed by atoms with Gasteiger partial charge in [0.2, 0.25) is 0 Å². The second-order valence-corrected chi connectivity index (χ2v) is 9.75. The van der Waals surface area contributed by atoms with E-state index in [1.54, 1.807) is 11.0 Å². The Morgan fingerprint density at radius 3 is 2.65 bits per heavy atom. The van der Waals surface area contributed by atoms with Gasteiger partial charge in [0, 0.05) is 25.1 Å². The Morgan fingerprint density at radius 2 is 1.92 bits per heavy atom. The van der Waals surface area contributed by atoms with Crippen LogP contribution in [0, 0.1) is 0 Å². The van der Waals surface area contributed by atoms with E-state index >= 15 is 0 Å². The number of ketones is 1. The Balaban J connectivity index is 1.76. The first-order valence-electron chi connectivity index (χ1n) is 13.4. The van der Waals surface area contributed by atoms with Crippen molar-refractivity contribution in [1.29, 1.82) is 0 Å². The maximum absolute atomic E-state index is 13.4. The van der Waals surface area contributed by atoms with E-state index in [-0.39, 0.29) is 17.4 Å². The van der Waals surface area contributed by atoms with Gasteiger partial charge in [-0.3, -0.25) is 9.59 Å². The number of hydrogen-bond donors (Lipinski definition) is 1. The van der Waals surface area contributed by atoms with Crippen molar-refractivity contribution >= 4 is 17.4 Å². The van der Waals surface area contributed by atoms with Gasteiger partial charge < -0.3 is 24.4 Å². The normalized spacial score (nSPS) is 20.4. The van der Waals surface area contributed by atoms with Crippen molar-refractivity contribution in [2.45, 2.75) is 59.1 Å². The summed E-state index contributed by atoms with van der Waals surface area (Å²) in [5, 5.41) is 11.5. The smallest absolute Gasteiger partial charge is 0.295 e. The third-order valence-electron chi connectivity index (χ3n) is 7.20. The van der Waals surface area contributed by atoms with Crippen molar-refractivity contribution in [1.82, 2.24) is 9.80 Å². The Morgan fingerprint density at radius 1 is 1.14 bits per heavy atom. The minimum Gasteiger partial charge on any atom is -0.507 e. The highest BCUT2D eigenvalue weighted by Gasteiger charge is 2.46. The lowest BCUT2D eigenvalue weighted by Gasteiger charge is -2.28. The first-order valence-corrected chi connectivity index (χ1v) is 13.4. The molecule has 0 radical (unpaired) electrons. The van der Waals surface area contributed by atoms with Gasteiger partial charge in [-0.15, -0.1) is 0 Å². The summed E-state index contributed by atoms with van der Waals surface area (Å²) < 4.78 is 11.7. The molecule has 1 saturated heterocycles. The fourth-order valence-electron chi connectivity index (χ4n) is 5.08. The van der Waals surface area contributed by atoms with Crippen LogP contribution in [-0.4, -0.2) is 65.5 Å². The third-order valence-corrected chi connectivity index (χ3v) is 7.20. The van der Waals surface area contributed by atoms with Crippen LogP contribution in [0.5, 0.6) is 11.5 Å². The van der Waals surface area contributed by atoms with Crippen LogP contribution in [0.25, 0.3) is 5.76 Å². The number of ether oxygens (including phenoxy) is 2. The highest BCUT2D eigenvalue weighted by molar-refractivity contribution is 6.46. The zero-order valence-corrected chi connectivity index (χ0v) is 22.3. The van der Waals surface area contributed by atoms with E-state index in [1.165, 1.54) is 0 Å². The van der Waals surface area contributed by atoms with Gasteiger partial charge >= 0.3 is 0 Å². The summed E-state index contributed by atoms with van der Waals surface area (Å²) in [6, 6.07) is 12.2. The van der Waals surface area contributed by atoms with Gasteiger partial charge in [0.25, 0.3) is 11.7 Å². The molecule has 0 spiro atoms. The topological polar surface area (TPSA) is 79.3 Å². The van der Waals surface area contributed by atoms with E-state index in [9.17, 15) is 14.7 Å². The van der Waals surface area contributed by atoms with Crippen LogP contribution in [0.1, 0.15) is 63.3 Å². The van der Waals surface area contributed by atoms with Gasteiger partial charge in [-0.05, 0) is 67.9 Å². The Labute approximate surface area is 219 Å². The summed E-state index contributed by atoms with van der Waals surface area (Å²) in [5.41, 5.74) is 2.35. The number of carbonyl (C=O) groups is 2. The summed E-state index contributed by atoms with van der Waals surface area (Å²) in [6.07, 6.45) is 2.76. The lowest BCUT2D eigenvalue weighted by molar-refractivity contribution is -0.140. The molecular weight excluding hydrogens is 468 g/mol. The number of rotatable bonds is 11. The molecule has 198 valence electrons. The van der Waals surface area contributed by atoms with Crippen LogP contribution >= 0.6 is 0 Å². The highest BCUT2D eigenvalue weighted by atomic mass is 16.5. The molecule has 1 fully saturated rings. The molecule has 0 bridgehead atoms. The average molecular weight is 507 g/mol. The lowest BCUT2D eigenvalue weighted by Crippen LogP contribution is -2.38. The molecule has 0 saturated carbocycles. The molecule has 7 nitrogen and oxygen atoms in total. The summed E-state index contributed by atoms with van der Waals surface area (Å²) >= 11 is 0. The number of amides is 1. The number of benzene rings is 2. The second kappa shape index (κ2) is 11.8. The van der Waals surface area contributed by atoms with E-state index in [0.717, 1.165) is 49.2 Å². The first-order chi connectivity index (χ1) is 17.9. The highest BCUT2D eigenvalue weighted by Crippen LogP contribution is 2.41. The first kappa shape index (κ1) is 26.7. The molecule has 2 aliphatic heterocycles. The molecule has 2 aliphatic rings. The fraction of sp³-hybridized carbons (Fsp3) is 0.467. The SMILES string of the molecule is CCCCOc1cccc([C@H]2C(=C(O)c3ccc4c(c3)C[C@@H](C)O4)C(=O)C(=O)N2CCN(CC)CC)c1. The minimum absolute atomic E-state index is 0.0634. The van der Waals surface area contributed by atoms with Crippen molar-refractivity contribution in [3.05, 3.63) is 64.7 Å². The average Bonchev–Trinajstić information content (AvgIpc) is 3.40. The number of hydrogen-bond acceptors (Lipinski definition) is 6. The number of aliphatic hydroxyl groups excluding tert-OH is 1. The molecule has 0 aromatic heterocycles. The van der Waals surface area contributed by atoms with Gasteiger partial charge in [0.05, 0.1) is 18.2 Å². The predicted molar refractivity (Wildman–Crippen MR) is 144 cm³/mol. The monoisotopic (exact) mass is 506 g/mol. The van der Waals surface area contributed by atoms with E-state index in [1.807, 2.05) is 43.3 Å². The summed E-state index contributed by atoms with van der Waals surface area (Å²) in [4.78, 5) is 30.5. The van der Waals surface area contributed by atoms with Gasteiger partial charge in [-0.1, -0.05) is 39.3 Å². The van der Waals surface area contributed by atoms with Crippen molar-refractivity contribution in [2.75, 3.05) is 32.8 Å². The molecule has 2 aromatic carbocycles. The van der Waals surface area contributed by atoms with Crippen LogP contribution in [-0.2, 0) is 16.0 Å². The molecule has 2 heterocycles. The third kappa shape index (κ3) is 5.67. The zero-order chi connectivity index (χ0) is 26.5. The Hall–Kier alpha value is -3.32. The van der Waals surface area contributed by atoms with Crippen LogP contribution < -0.4 is 9.47 Å². The van der Waals surface area contributed by atoms with Crippen molar-refractivity contribution in [3.63, 3.8) is 0 Å². The Bertz CT molecular complexity index is 1170. The number of nitrogens with zero attached hydrogens (tertiary/aromatic N) is 2. The lowest BCUT2D eigenvalue weighted by atomic mass is 9.94. The molecule has 2 aromatic rings. The van der Waals surface area contributed by atoms with Gasteiger partial charge in [0.1, 0.15) is 23.4 Å². The number of Topliss-reactive ketones (excluding diaryl/α,β-unsaturated/α-hetero) is 1. The van der Waals surface area contributed by atoms with Gasteiger partial charge in [-0.2, -0.15) is 0 Å². The molecule has 0 unspecified atom stereocenters. The van der Waals surface area contributed by atoms with Gasteiger partial charge in [-0.25, -0.2) is 0 Å². The number of unbranched alkanes of at least 4 members (excludes halogenated alkanes) is 1. The van der Waals surface area contributed by atoms with Crippen LogP contribution in [0.4, 0.5) is 0 Å². The number of carbonyl (C=O) groups excluding carboxylic acids is 2. The number of aliphatic hydroxyl groups is 1. The number of fused-ring (bicyclic) bond motifs is 1. The summed E-state index contributed by atoms with van der Waals surface area (Å²) in [7, 11) is 0.